The zero-order chi connectivity index (χ0) is 30.5. The number of halogens is 1. The molecule has 3 saturated heterocycles. The molecule has 3 aliphatic heterocycles. The largest absolute Gasteiger partial charge is 0.424 e. The van der Waals surface area contributed by atoms with Crippen LogP contribution in [0.25, 0.3) is 6.08 Å². The number of thioether (sulfide) groups is 1. The van der Waals surface area contributed by atoms with Gasteiger partial charge in [-0.3, -0.25) is 19.3 Å². The monoisotopic (exact) mass is 729 g/mol. The SMILES string of the molecule is O=C(CN1C(=O)S/C(=C\c2ccc(Oc3nc(N4CCOCC4)nc(N4CCOCC4)n3)cc2)C1=O)Nc1ccc(I)cc1. The highest BCUT2D eigenvalue weighted by Crippen LogP contribution is 2.33. The van der Waals surface area contributed by atoms with Crippen molar-refractivity contribution in [3.8, 4) is 11.8 Å². The van der Waals surface area contributed by atoms with Gasteiger partial charge in [-0.15, -0.1) is 0 Å². The molecule has 0 atom stereocenters. The van der Waals surface area contributed by atoms with E-state index in [-0.39, 0.29) is 17.5 Å². The third-order valence-corrected chi connectivity index (χ3v) is 8.50. The Hall–Kier alpha value is -3.80. The summed E-state index contributed by atoms with van der Waals surface area (Å²) < 4.78 is 18.0. The zero-order valence-corrected chi connectivity index (χ0v) is 26.5. The van der Waals surface area contributed by atoms with Crippen molar-refractivity contribution in [2.45, 2.75) is 0 Å². The van der Waals surface area contributed by atoms with Crippen LogP contribution in [0.2, 0.25) is 0 Å². The molecule has 3 aliphatic rings. The lowest BCUT2D eigenvalue weighted by molar-refractivity contribution is -0.127. The van der Waals surface area contributed by atoms with Crippen LogP contribution in [-0.4, -0.2) is 96.1 Å². The van der Waals surface area contributed by atoms with Crippen molar-refractivity contribution in [3.63, 3.8) is 0 Å². The Kier molecular flexibility index (Phi) is 9.54. The summed E-state index contributed by atoms with van der Waals surface area (Å²) in [4.78, 5) is 57.1. The number of anilines is 3. The van der Waals surface area contributed by atoms with Crippen molar-refractivity contribution >= 4 is 75.1 Å². The number of rotatable bonds is 8. The molecule has 44 heavy (non-hydrogen) atoms. The molecule has 15 heteroatoms. The van der Waals surface area contributed by atoms with Crippen LogP contribution in [0.3, 0.4) is 0 Å². The summed E-state index contributed by atoms with van der Waals surface area (Å²) in [5.74, 6) is 0.575. The van der Waals surface area contributed by atoms with E-state index in [0.717, 1.165) is 20.2 Å². The summed E-state index contributed by atoms with van der Waals surface area (Å²) in [5.41, 5.74) is 1.27. The van der Waals surface area contributed by atoms with Crippen LogP contribution >= 0.6 is 34.4 Å². The number of hydrogen-bond acceptors (Lipinski definition) is 12. The molecule has 4 heterocycles. The van der Waals surface area contributed by atoms with Crippen LogP contribution < -0.4 is 19.9 Å². The second-order valence-corrected chi connectivity index (χ2v) is 12.1. The number of nitrogens with zero attached hydrogens (tertiary/aromatic N) is 6. The number of nitrogens with one attached hydrogen (secondary N) is 1. The molecule has 1 aromatic heterocycles. The fraction of sp³-hybridized carbons (Fsp3) is 0.310. The molecule has 1 N–H and O–H groups in total. The lowest BCUT2D eigenvalue weighted by Gasteiger charge is -2.30. The van der Waals surface area contributed by atoms with E-state index in [4.69, 9.17) is 19.2 Å². The molecule has 0 aliphatic carbocycles. The van der Waals surface area contributed by atoms with Gasteiger partial charge in [-0.2, -0.15) is 15.0 Å². The zero-order valence-electron chi connectivity index (χ0n) is 23.5. The van der Waals surface area contributed by atoms with E-state index < -0.39 is 17.1 Å². The van der Waals surface area contributed by atoms with Gasteiger partial charge in [0.25, 0.3) is 11.1 Å². The number of morpholine rings is 2. The Bertz CT molecular complexity index is 1530. The lowest BCUT2D eigenvalue weighted by Crippen LogP contribution is -2.40. The van der Waals surface area contributed by atoms with Crippen LogP contribution in [0.5, 0.6) is 11.8 Å². The summed E-state index contributed by atoms with van der Waals surface area (Å²) in [6, 6.07) is 14.4. The van der Waals surface area contributed by atoms with Gasteiger partial charge in [-0.05, 0) is 82.4 Å². The molecule has 0 radical (unpaired) electrons. The van der Waals surface area contributed by atoms with Gasteiger partial charge in [0, 0.05) is 35.4 Å². The predicted molar refractivity (Wildman–Crippen MR) is 173 cm³/mol. The van der Waals surface area contributed by atoms with E-state index in [1.807, 2.05) is 21.9 Å². The molecule has 0 saturated carbocycles. The number of hydrogen-bond donors (Lipinski definition) is 1. The van der Waals surface area contributed by atoms with Crippen molar-refractivity contribution in [2.24, 2.45) is 0 Å². The number of amides is 3. The Balaban J connectivity index is 1.12. The first-order chi connectivity index (χ1) is 21.4. The van der Waals surface area contributed by atoms with Crippen LogP contribution in [-0.2, 0) is 19.1 Å². The summed E-state index contributed by atoms with van der Waals surface area (Å²) in [6.45, 7) is 4.68. The molecule has 3 aromatic rings. The fourth-order valence-electron chi connectivity index (χ4n) is 4.59. The second kappa shape index (κ2) is 13.9. The molecule has 6 rings (SSSR count). The average molecular weight is 730 g/mol. The maximum Gasteiger partial charge on any atom is 0.328 e. The highest BCUT2D eigenvalue weighted by atomic mass is 127. The molecule has 2 aromatic carbocycles. The van der Waals surface area contributed by atoms with E-state index in [1.165, 1.54) is 0 Å². The molecule has 3 fully saturated rings. The number of carbonyl (C=O) groups excluding carboxylic acids is 3. The van der Waals surface area contributed by atoms with E-state index >= 15 is 0 Å². The maximum absolute atomic E-state index is 12.9. The smallest absolute Gasteiger partial charge is 0.328 e. The van der Waals surface area contributed by atoms with Crippen LogP contribution in [0.4, 0.5) is 22.4 Å². The number of carbonyl (C=O) groups is 3. The molecular formula is C29H28IN7O6S. The van der Waals surface area contributed by atoms with Crippen molar-refractivity contribution in [1.29, 1.82) is 0 Å². The van der Waals surface area contributed by atoms with Crippen LogP contribution in [0.15, 0.2) is 53.4 Å². The third kappa shape index (κ3) is 7.46. The minimum atomic E-state index is -0.519. The van der Waals surface area contributed by atoms with Crippen LogP contribution in [0, 0.1) is 3.57 Å². The van der Waals surface area contributed by atoms with E-state index in [1.54, 1.807) is 42.5 Å². The number of benzene rings is 2. The first-order valence-corrected chi connectivity index (χ1v) is 15.8. The van der Waals surface area contributed by atoms with Gasteiger partial charge in [0.1, 0.15) is 12.3 Å². The minimum Gasteiger partial charge on any atom is -0.424 e. The van der Waals surface area contributed by atoms with Gasteiger partial charge in [-0.1, -0.05) is 12.1 Å². The van der Waals surface area contributed by atoms with Crippen molar-refractivity contribution in [2.75, 3.05) is 74.3 Å². The van der Waals surface area contributed by atoms with E-state index in [0.29, 0.717) is 81.5 Å². The summed E-state index contributed by atoms with van der Waals surface area (Å²) in [5, 5.41) is 2.21. The second-order valence-electron chi connectivity index (χ2n) is 9.91. The summed E-state index contributed by atoms with van der Waals surface area (Å²) in [6.07, 6.45) is 1.61. The van der Waals surface area contributed by atoms with Gasteiger partial charge >= 0.3 is 6.01 Å². The first-order valence-electron chi connectivity index (χ1n) is 13.9. The Labute approximate surface area is 271 Å². The fourth-order valence-corrected chi connectivity index (χ4v) is 5.79. The van der Waals surface area contributed by atoms with Gasteiger partial charge in [0.15, 0.2) is 0 Å². The first kappa shape index (κ1) is 30.2. The Morgan fingerprint density at radius 3 is 2.07 bits per heavy atom. The predicted octanol–water partition coefficient (Wildman–Crippen LogP) is 3.62. The van der Waals surface area contributed by atoms with Crippen molar-refractivity contribution < 1.29 is 28.6 Å². The standard InChI is InChI=1S/C29H28IN7O6S/c30-20-3-5-21(6-4-20)31-24(38)18-37-25(39)23(44-29(37)40)17-19-1-7-22(8-2-19)43-28-33-26(35-9-13-41-14-10-35)32-27(34-28)36-11-15-42-16-12-36/h1-8,17H,9-16,18H2,(H,31,38)/b23-17-. The Morgan fingerprint density at radius 1 is 0.886 bits per heavy atom. The quantitative estimate of drug-likeness (QED) is 0.268. The minimum absolute atomic E-state index is 0.167. The molecule has 0 bridgehead atoms. The maximum atomic E-state index is 12.9. The van der Waals surface area contributed by atoms with Gasteiger partial charge in [0.2, 0.25) is 17.8 Å². The lowest BCUT2D eigenvalue weighted by atomic mass is 10.2. The molecular weight excluding hydrogens is 701 g/mol. The molecule has 3 amide bonds. The van der Waals surface area contributed by atoms with Crippen molar-refractivity contribution in [3.05, 3.63) is 62.6 Å². The highest BCUT2D eigenvalue weighted by molar-refractivity contribution is 14.1. The number of aromatic nitrogens is 3. The highest BCUT2D eigenvalue weighted by Gasteiger charge is 2.36. The van der Waals surface area contributed by atoms with Crippen molar-refractivity contribution in [1.82, 2.24) is 19.9 Å². The molecule has 228 valence electrons. The van der Waals surface area contributed by atoms with E-state index in [9.17, 15) is 14.4 Å². The third-order valence-electron chi connectivity index (χ3n) is 6.87. The normalized spacial score (nSPS) is 18.2. The number of ether oxygens (including phenoxy) is 3. The van der Waals surface area contributed by atoms with Gasteiger partial charge in [0.05, 0.1) is 31.3 Å². The summed E-state index contributed by atoms with van der Waals surface area (Å²) >= 11 is 2.96. The Morgan fingerprint density at radius 2 is 1.48 bits per heavy atom. The molecule has 0 unspecified atom stereocenters. The number of imide groups is 1. The van der Waals surface area contributed by atoms with Crippen LogP contribution in [0.1, 0.15) is 5.56 Å². The topological polar surface area (TPSA) is 139 Å². The molecule has 13 nitrogen and oxygen atoms in total. The van der Waals surface area contributed by atoms with Gasteiger partial charge < -0.3 is 29.3 Å². The molecule has 0 spiro atoms. The van der Waals surface area contributed by atoms with Gasteiger partial charge in [-0.25, -0.2) is 0 Å². The average Bonchev–Trinajstić information content (AvgIpc) is 3.31. The van der Waals surface area contributed by atoms with E-state index in [2.05, 4.69) is 37.9 Å². The summed E-state index contributed by atoms with van der Waals surface area (Å²) in [7, 11) is 0.